The van der Waals surface area contributed by atoms with Crippen molar-refractivity contribution in [3.05, 3.63) is 47.7 Å². The number of carbonyl (C=O) groups excluding carboxylic acids is 2. The number of hydrogen-bond donors (Lipinski definition) is 0. The normalized spacial score (nSPS) is 17.4. The number of methoxy groups -OCH3 is 1. The molecule has 0 bridgehead atoms. The van der Waals surface area contributed by atoms with Crippen LogP contribution in [0.5, 0.6) is 0 Å². The summed E-state index contributed by atoms with van der Waals surface area (Å²) in [6, 6.07) is 9.68. The molecule has 130 valence electrons. The molecule has 0 unspecified atom stereocenters. The smallest absolute Gasteiger partial charge is 0.415 e. The van der Waals surface area contributed by atoms with Crippen LogP contribution in [-0.4, -0.2) is 42.3 Å². The molecule has 1 heterocycles. The Morgan fingerprint density at radius 3 is 2.46 bits per heavy atom. The monoisotopic (exact) mass is 333 g/mol. The Labute approximate surface area is 142 Å². The second-order valence-corrected chi connectivity index (χ2v) is 6.47. The van der Waals surface area contributed by atoms with E-state index in [0.29, 0.717) is 6.61 Å². The van der Waals surface area contributed by atoms with Crippen molar-refractivity contribution >= 4 is 12.1 Å². The van der Waals surface area contributed by atoms with Gasteiger partial charge in [-0.25, -0.2) is 9.59 Å². The Hall–Kier alpha value is -2.34. The number of esters is 1. The first-order chi connectivity index (χ1) is 11.3. The van der Waals surface area contributed by atoms with E-state index in [-0.39, 0.29) is 12.2 Å². The van der Waals surface area contributed by atoms with Crippen molar-refractivity contribution in [2.75, 3.05) is 13.7 Å². The number of rotatable bonds is 4. The highest BCUT2D eigenvalue weighted by atomic mass is 16.6. The molecule has 1 amide bonds. The van der Waals surface area contributed by atoms with Crippen molar-refractivity contribution in [2.24, 2.45) is 0 Å². The van der Waals surface area contributed by atoms with E-state index >= 15 is 0 Å². The molecular weight excluding hydrogens is 310 g/mol. The van der Waals surface area contributed by atoms with Gasteiger partial charge >= 0.3 is 12.1 Å². The average Bonchev–Trinajstić information content (AvgIpc) is 2.96. The maximum Gasteiger partial charge on any atom is 0.415 e. The molecule has 0 N–H and O–H groups in total. The van der Waals surface area contributed by atoms with Gasteiger partial charge in [-0.05, 0) is 32.4 Å². The van der Waals surface area contributed by atoms with Crippen molar-refractivity contribution in [1.82, 2.24) is 4.90 Å². The largest absolute Gasteiger partial charge is 0.464 e. The summed E-state index contributed by atoms with van der Waals surface area (Å²) in [6.07, 6.45) is 0.607. The number of ether oxygens (including phenoxy) is 3. The Bertz CT molecular complexity index is 618. The zero-order valence-electron chi connectivity index (χ0n) is 14.4. The van der Waals surface area contributed by atoms with E-state index in [1.54, 1.807) is 26.8 Å². The first-order valence-corrected chi connectivity index (χ1v) is 7.76. The minimum Gasteiger partial charge on any atom is -0.464 e. The van der Waals surface area contributed by atoms with E-state index in [2.05, 4.69) is 0 Å². The summed E-state index contributed by atoms with van der Waals surface area (Å²) in [5.74, 6) is -0.591. The molecule has 0 spiro atoms. The summed E-state index contributed by atoms with van der Waals surface area (Å²) < 4.78 is 15.9. The highest BCUT2D eigenvalue weighted by Gasteiger charge is 2.36. The summed E-state index contributed by atoms with van der Waals surface area (Å²) >= 11 is 0. The first kappa shape index (κ1) is 18.0. The van der Waals surface area contributed by atoms with Crippen molar-refractivity contribution in [3.63, 3.8) is 0 Å². The minimum atomic E-state index is -0.651. The molecule has 1 aromatic rings. The van der Waals surface area contributed by atoms with Crippen LogP contribution in [0.2, 0.25) is 0 Å². The predicted octanol–water partition coefficient (Wildman–Crippen LogP) is 2.88. The fourth-order valence-electron chi connectivity index (χ4n) is 2.25. The van der Waals surface area contributed by atoms with Crippen molar-refractivity contribution < 1.29 is 23.8 Å². The Morgan fingerprint density at radius 2 is 1.88 bits per heavy atom. The maximum absolute atomic E-state index is 12.3. The van der Waals surface area contributed by atoms with Crippen LogP contribution < -0.4 is 0 Å². The zero-order chi connectivity index (χ0) is 17.7. The van der Waals surface area contributed by atoms with E-state index in [1.165, 1.54) is 12.0 Å². The third-order valence-corrected chi connectivity index (χ3v) is 3.31. The van der Waals surface area contributed by atoms with Gasteiger partial charge < -0.3 is 14.2 Å². The first-order valence-electron chi connectivity index (χ1n) is 7.76. The van der Waals surface area contributed by atoms with Crippen LogP contribution in [0.3, 0.4) is 0 Å². The van der Waals surface area contributed by atoms with Crippen LogP contribution in [0.15, 0.2) is 42.1 Å². The summed E-state index contributed by atoms with van der Waals surface area (Å²) in [6.45, 7) is 5.91. The van der Waals surface area contributed by atoms with Gasteiger partial charge in [-0.3, -0.25) is 4.90 Å². The predicted molar refractivity (Wildman–Crippen MR) is 88.1 cm³/mol. The molecule has 2 rings (SSSR count). The number of amides is 1. The Morgan fingerprint density at radius 1 is 1.21 bits per heavy atom. The SMILES string of the molecule is COC(=O)C1=C[C@@H](OCc2ccccc2)CN1C(=O)OC(C)(C)C. The fourth-order valence-corrected chi connectivity index (χ4v) is 2.25. The van der Waals surface area contributed by atoms with Gasteiger partial charge in [0, 0.05) is 0 Å². The number of benzene rings is 1. The van der Waals surface area contributed by atoms with Crippen LogP contribution in [0.4, 0.5) is 4.79 Å². The maximum atomic E-state index is 12.3. The molecule has 0 radical (unpaired) electrons. The Balaban J connectivity index is 2.06. The fraction of sp³-hybridized carbons (Fsp3) is 0.444. The van der Waals surface area contributed by atoms with Gasteiger partial charge in [0.2, 0.25) is 0 Å². The van der Waals surface area contributed by atoms with Gasteiger partial charge in [0.05, 0.1) is 26.4 Å². The van der Waals surface area contributed by atoms with Gasteiger partial charge in [-0.1, -0.05) is 30.3 Å². The van der Waals surface area contributed by atoms with Gasteiger partial charge in [0.15, 0.2) is 0 Å². The van der Waals surface area contributed by atoms with Gasteiger partial charge in [-0.2, -0.15) is 0 Å². The topological polar surface area (TPSA) is 65.1 Å². The summed E-state index contributed by atoms with van der Waals surface area (Å²) in [7, 11) is 1.27. The van der Waals surface area contributed by atoms with Crippen LogP contribution in [0.25, 0.3) is 0 Å². The highest BCUT2D eigenvalue weighted by Crippen LogP contribution is 2.23. The third-order valence-electron chi connectivity index (χ3n) is 3.31. The average molecular weight is 333 g/mol. The van der Waals surface area contributed by atoms with Crippen LogP contribution >= 0.6 is 0 Å². The number of nitrogens with zero attached hydrogens (tertiary/aromatic N) is 1. The van der Waals surface area contributed by atoms with Crippen LogP contribution in [0, 0.1) is 0 Å². The second kappa shape index (κ2) is 7.49. The molecule has 0 saturated heterocycles. The summed E-state index contributed by atoms with van der Waals surface area (Å²) in [4.78, 5) is 25.5. The second-order valence-electron chi connectivity index (χ2n) is 6.47. The molecule has 6 heteroatoms. The lowest BCUT2D eigenvalue weighted by Crippen LogP contribution is -2.38. The van der Waals surface area contributed by atoms with E-state index < -0.39 is 23.8 Å². The Kier molecular flexibility index (Phi) is 5.62. The van der Waals surface area contributed by atoms with Crippen molar-refractivity contribution in [2.45, 2.75) is 39.1 Å². The van der Waals surface area contributed by atoms with E-state index in [1.807, 2.05) is 30.3 Å². The summed E-state index contributed by atoms with van der Waals surface area (Å²) in [5, 5.41) is 0. The third kappa shape index (κ3) is 4.83. The molecule has 0 saturated carbocycles. The molecule has 1 aliphatic rings. The number of carbonyl (C=O) groups is 2. The minimum absolute atomic E-state index is 0.143. The van der Waals surface area contributed by atoms with Gasteiger partial charge in [-0.15, -0.1) is 0 Å². The van der Waals surface area contributed by atoms with E-state index in [9.17, 15) is 9.59 Å². The lowest BCUT2D eigenvalue weighted by Gasteiger charge is -2.25. The highest BCUT2D eigenvalue weighted by molar-refractivity contribution is 5.93. The molecule has 6 nitrogen and oxygen atoms in total. The molecule has 1 aromatic carbocycles. The van der Waals surface area contributed by atoms with Crippen LogP contribution in [-0.2, 0) is 25.6 Å². The molecule has 24 heavy (non-hydrogen) atoms. The van der Waals surface area contributed by atoms with Crippen molar-refractivity contribution in [1.29, 1.82) is 0 Å². The van der Waals surface area contributed by atoms with Crippen LogP contribution in [0.1, 0.15) is 26.3 Å². The van der Waals surface area contributed by atoms with Gasteiger partial charge in [0.25, 0.3) is 0 Å². The lowest BCUT2D eigenvalue weighted by molar-refractivity contribution is -0.137. The van der Waals surface area contributed by atoms with Gasteiger partial charge in [0.1, 0.15) is 11.3 Å². The quantitative estimate of drug-likeness (QED) is 0.793. The molecule has 0 fully saturated rings. The van der Waals surface area contributed by atoms with E-state index in [0.717, 1.165) is 5.56 Å². The van der Waals surface area contributed by atoms with Crippen molar-refractivity contribution in [3.8, 4) is 0 Å². The summed E-state index contributed by atoms with van der Waals surface area (Å²) in [5.41, 5.74) is 0.507. The molecular formula is C18H23NO5. The molecule has 1 atom stereocenters. The number of hydrogen-bond acceptors (Lipinski definition) is 5. The molecule has 1 aliphatic heterocycles. The molecule has 0 aliphatic carbocycles. The zero-order valence-corrected chi connectivity index (χ0v) is 14.4. The standard InChI is InChI=1S/C18H23NO5/c1-18(2,3)24-17(21)19-11-14(10-15(19)16(20)22-4)23-12-13-8-6-5-7-9-13/h5-10,14H,11-12H2,1-4H3/t14-/m1/s1. The van der Waals surface area contributed by atoms with E-state index in [4.69, 9.17) is 14.2 Å². The lowest BCUT2D eigenvalue weighted by atomic mass is 10.2. The molecule has 0 aromatic heterocycles.